The molecule has 286 valence electrons. The zero-order valence-electron chi connectivity index (χ0n) is 30.9. The maximum atomic E-state index is 13.7. The van der Waals surface area contributed by atoms with Crippen LogP contribution in [0, 0.1) is 0 Å². The van der Waals surface area contributed by atoms with E-state index < -0.39 is 60.1 Å². The lowest BCUT2D eigenvalue weighted by Gasteiger charge is -2.42. The van der Waals surface area contributed by atoms with Crippen molar-refractivity contribution in [3.8, 4) is 22.5 Å². The largest absolute Gasteiger partial charge is 0.467 e. The molecule has 1 spiro atoms. The Morgan fingerprint density at radius 2 is 1.50 bits per heavy atom. The Balaban J connectivity index is 1.28. The first kappa shape index (κ1) is 38.2. The van der Waals surface area contributed by atoms with Gasteiger partial charge in [-0.25, -0.2) is 4.79 Å². The summed E-state index contributed by atoms with van der Waals surface area (Å²) in [6, 6.07) is 15.3. The zero-order valence-corrected chi connectivity index (χ0v) is 30.9. The van der Waals surface area contributed by atoms with Gasteiger partial charge in [-0.1, -0.05) is 74.7 Å². The Hall–Kier alpha value is -5.51. The summed E-state index contributed by atoms with van der Waals surface area (Å²) in [6.45, 7) is 5.91. The normalized spacial score (nSPS) is 23.2. The van der Waals surface area contributed by atoms with Gasteiger partial charge < -0.3 is 23.7 Å². The fourth-order valence-electron chi connectivity index (χ4n) is 7.32. The number of benzene rings is 2. The molecular weight excluding hydrogens is 700 g/mol. The van der Waals surface area contributed by atoms with Crippen molar-refractivity contribution in [3.05, 3.63) is 54.1 Å². The maximum Gasteiger partial charge on any atom is 0.339 e. The highest BCUT2D eigenvalue weighted by molar-refractivity contribution is 6.08. The van der Waals surface area contributed by atoms with Crippen LogP contribution in [0.1, 0.15) is 84.4 Å². The summed E-state index contributed by atoms with van der Waals surface area (Å²) in [7, 11) is 1.11. The van der Waals surface area contributed by atoms with Crippen LogP contribution in [0.25, 0.3) is 22.5 Å². The van der Waals surface area contributed by atoms with Gasteiger partial charge in [0.15, 0.2) is 24.4 Å². The summed E-state index contributed by atoms with van der Waals surface area (Å²) >= 11 is 0. The molecule has 1 saturated carbocycles. The van der Waals surface area contributed by atoms with Gasteiger partial charge in [0.1, 0.15) is 11.4 Å². The van der Waals surface area contributed by atoms with Gasteiger partial charge in [-0.05, 0) is 41.2 Å². The van der Waals surface area contributed by atoms with Gasteiger partial charge in [-0.15, -0.1) is 15.0 Å². The average Bonchev–Trinajstić information content (AvgIpc) is 3.89. The van der Waals surface area contributed by atoms with Gasteiger partial charge in [-0.3, -0.25) is 29.1 Å². The molecule has 3 aromatic rings. The second-order valence-corrected chi connectivity index (χ2v) is 13.6. The number of ether oxygens (including phenoxy) is 5. The minimum atomic E-state index is -1.62. The van der Waals surface area contributed by atoms with Crippen LogP contribution < -0.4 is 0 Å². The number of nitrogens with zero attached hydrogens (tertiary/aromatic N) is 6. The summed E-state index contributed by atoms with van der Waals surface area (Å²) in [5.41, 5.74) is 2.59. The highest BCUT2D eigenvalue weighted by Gasteiger charge is 2.56. The van der Waals surface area contributed by atoms with E-state index >= 15 is 0 Å². The third kappa shape index (κ3) is 7.88. The molecule has 1 aromatic heterocycles. The van der Waals surface area contributed by atoms with Crippen molar-refractivity contribution in [2.24, 2.45) is 4.99 Å². The van der Waals surface area contributed by atoms with Crippen molar-refractivity contribution >= 4 is 35.6 Å². The van der Waals surface area contributed by atoms with E-state index in [4.69, 9.17) is 28.7 Å². The number of tetrazole rings is 1. The van der Waals surface area contributed by atoms with Crippen LogP contribution in [0.3, 0.4) is 0 Å². The number of amides is 1. The lowest BCUT2D eigenvalue weighted by atomic mass is 9.97. The second-order valence-electron chi connectivity index (χ2n) is 13.6. The highest BCUT2D eigenvalue weighted by atomic mass is 16.7. The van der Waals surface area contributed by atoms with E-state index in [0.29, 0.717) is 12.1 Å². The fraction of sp³-hybridized carbons (Fsp3) is 0.500. The van der Waals surface area contributed by atoms with Crippen LogP contribution in [-0.2, 0) is 54.2 Å². The molecule has 0 bridgehead atoms. The molecule has 0 unspecified atom stereocenters. The maximum absolute atomic E-state index is 13.7. The fourth-order valence-corrected chi connectivity index (χ4v) is 7.32. The predicted molar refractivity (Wildman–Crippen MR) is 190 cm³/mol. The van der Waals surface area contributed by atoms with E-state index in [1.54, 1.807) is 0 Å². The van der Waals surface area contributed by atoms with Crippen LogP contribution >= 0.6 is 0 Å². The molecule has 0 N–H and O–H groups in total. The van der Waals surface area contributed by atoms with Gasteiger partial charge in [-0.2, -0.15) is 0 Å². The molecule has 0 radical (unpaired) electrons. The van der Waals surface area contributed by atoms with Crippen LogP contribution in [0.5, 0.6) is 0 Å². The smallest absolute Gasteiger partial charge is 0.339 e. The Morgan fingerprint density at radius 1 is 0.870 bits per heavy atom. The van der Waals surface area contributed by atoms with Crippen molar-refractivity contribution < 1.29 is 47.7 Å². The lowest BCUT2D eigenvalue weighted by molar-refractivity contribution is -0.267. The average molecular weight is 745 g/mol. The number of methoxy groups -OCH3 is 1. The molecule has 54 heavy (non-hydrogen) atoms. The first-order valence-electron chi connectivity index (χ1n) is 18.1. The molecule has 1 amide bonds. The van der Waals surface area contributed by atoms with Gasteiger partial charge in [0.05, 0.1) is 13.7 Å². The first-order chi connectivity index (χ1) is 25.9. The number of esters is 4. The van der Waals surface area contributed by atoms with E-state index in [-0.39, 0.29) is 11.7 Å². The number of rotatable bonds is 12. The Kier molecular flexibility index (Phi) is 11.5. The predicted octanol–water partition coefficient (Wildman–Crippen LogP) is 4.12. The van der Waals surface area contributed by atoms with E-state index in [9.17, 15) is 24.0 Å². The molecule has 3 heterocycles. The summed E-state index contributed by atoms with van der Waals surface area (Å²) < 4.78 is 27.2. The van der Waals surface area contributed by atoms with Gasteiger partial charge in [0.2, 0.25) is 12.1 Å². The summed E-state index contributed by atoms with van der Waals surface area (Å²) in [6.07, 6.45) is -1.20. The molecule has 1 saturated heterocycles. The van der Waals surface area contributed by atoms with E-state index in [0.717, 1.165) is 100 Å². The van der Waals surface area contributed by atoms with E-state index in [1.165, 1.54) is 0 Å². The van der Waals surface area contributed by atoms with E-state index in [1.807, 2.05) is 53.4 Å². The van der Waals surface area contributed by atoms with Crippen molar-refractivity contribution in [2.45, 2.75) is 115 Å². The highest BCUT2D eigenvalue weighted by Crippen LogP contribution is 2.40. The van der Waals surface area contributed by atoms with Crippen molar-refractivity contribution in [1.29, 1.82) is 0 Å². The molecule has 1 aliphatic carbocycles. The Morgan fingerprint density at radius 3 is 2.13 bits per heavy atom. The molecule has 5 atom stereocenters. The Labute approximate surface area is 312 Å². The molecule has 6 rings (SSSR count). The summed E-state index contributed by atoms with van der Waals surface area (Å²) in [4.78, 5) is 71.0. The summed E-state index contributed by atoms with van der Waals surface area (Å²) in [5, 5.41) is 13.0. The number of aliphatic imine (C=N–C) groups is 1. The minimum Gasteiger partial charge on any atom is -0.467 e. The molecule has 16 heteroatoms. The lowest BCUT2D eigenvalue weighted by Crippen LogP contribution is -2.61. The van der Waals surface area contributed by atoms with Crippen molar-refractivity contribution in [2.75, 3.05) is 7.11 Å². The number of carbonyl (C=O) groups excluding carboxylic acids is 5. The number of carbonyl (C=O) groups is 5. The molecule has 2 fully saturated rings. The zero-order chi connectivity index (χ0) is 38.6. The topological polar surface area (TPSA) is 191 Å². The van der Waals surface area contributed by atoms with Crippen molar-refractivity contribution in [3.63, 3.8) is 0 Å². The van der Waals surface area contributed by atoms with Crippen LogP contribution in [-0.4, -0.2) is 97.8 Å². The van der Waals surface area contributed by atoms with Crippen LogP contribution in [0.2, 0.25) is 0 Å². The van der Waals surface area contributed by atoms with Gasteiger partial charge >= 0.3 is 23.9 Å². The minimum absolute atomic E-state index is 0.103. The first-order valence-corrected chi connectivity index (χ1v) is 18.1. The number of unbranched alkanes of at least 4 members (excludes halogenated alkanes) is 1. The number of amidine groups is 1. The van der Waals surface area contributed by atoms with Crippen LogP contribution in [0.15, 0.2) is 53.5 Å². The second kappa shape index (κ2) is 16.2. The number of aromatic nitrogens is 4. The quantitative estimate of drug-likeness (QED) is 0.190. The van der Waals surface area contributed by atoms with Crippen molar-refractivity contribution in [1.82, 2.24) is 25.1 Å². The van der Waals surface area contributed by atoms with Crippen LogP contribution in [0.4, 0.5) is 0 Å². The standard InChI is InChI=1S/C38H44N6O10/c1-6-7-14-29-39-38(19-10-11-20-38)37(49)43(29)21-25-15-17-26(18-16-25)27-12-8-9-13-28(27)34-40-42-44(41-34)35-32(53-24(4)47)30(51-22(2)45)31(52-23(3)46)33(54-35)36(48)50-5/h8-9,12-13,15-18,30-33,35H,6-7,10-11,14,19-21H2,1-5H3/t30-,31-,32+,33-,35+/m0/s1. The third-order valence-electron chi connectivity index (χ3n) is 9.76. The number of hydrogen-bond donors (Lipinski definition) is 0. The summed E-state index contributed by atoms with van der Waals surface area (Å²) in [5.74, 6) is -2.20. The van der Waals surface area contributed by atoms with E-state index in [2.05, 4.69) is 22.3 Å². The molecule has 16 nitrogen and oxygen atoms in total. The third-order valence-corrected chi connectivity index (χ3v) is 9.76. The number of hydrogen-bond acceptors (Lipinski definition) is 14. The van der Waals surface area contributed by atoms with Gasteiger partial charge in [0.25, 0.3) is 5.91 Å². The molecule has 3 aliphatic rings. The molecule has 2 aromatic carbocycles. The van der Waals surface area contributed by atoms with Gasteiger partial charge in [0, 0.05) is 32.8 Å². The molecule has 2 aliphatic heterocycles. The monoisotopic (exact) mass is 744 g/mol. The SMILES string of the molecule is CCCCC1=NC2(CCCC2)C(=O)N1Cc1ccc(-c2ccccc2-c2nnn([C@@H]3O[C@H](C(=O)OC)[C@@H](OC(C)=O)[C@H](OC(C)=O)[C@H]3OC(C)=O)n2)cc1. The Bertz CT molecular complexity index is 1920. The molecular formula is C38H44N6O10.